The van der Waals surface area contributed by atoms with E-state index in [9.17, 15) is 14.7 Å². The van der Waals surface area contributed by atoms with Crippen molar-refractivity contribution in [3.63, 3.8) is 0 Å². The van der Waals surface area contributed by atoms with Crippen LogP contribution in [0.25, 0.3) is 11.1 Å². The topological polar surface area (TPSA) is 84.9 Å². The minimum absolute atomic E-state index is 0.0826. The number of nitrogens with one attached hydrogen (secondary N) is 1. The molecule has 2 aliphatic carbocycles. The second kappa shape index (κ2) is 10.2. The molecule has 35 heavy (non-hydrogen) atoms. The lowest BCUT2D eigenvalue weighted by Crippen LogP contribution is -2.42. The summed E-state index contributed by atoms with van der Waals surface area (Å²) in [6.45, 7) is 0.136. The molecule has 0 spiro atoms. The average molecular weight is 472 g/mol. The number of alkyl carbamates (subject to hydrolysis) is 1. The summed E-state index contributed by atoms with van der Waals surface area (Å²) in [5.74, 6) is -0.457. The normalized spacial score (nSPS) is 15.8. The van der Waals surface area contributed by atoms with Crippen molar-refractivity contribution in [2.45, 2.75) is 50.2 Å². The molecule has 6 nitrogen and oxygen atoms in total. The molecule has 1 atom stereocenters. The molecule has 3 aromatic carbocycles. The first-order valence-electron chi connectivity index (χ1n) is 12.2. The summed E-state index contributed by atoms with van der Waals surface area (Å²) in [6, 6.07) is 22.5. The number of amides is 1. The summed E-state index contributed by atoms with van der Waals surface area (Å²) in [4.78, 5) is 24.5. The van der Waals surface area contributed by atoms with Crippen LogP contribution in [0.2, 0.25) is 0 Å². The first-order chi connectivity index (χ1) is 17.1. The molecule has 0 bridgehead atoms. The zero-order valence-electron chi connectivity index (χ0n) is 19.5. The van der Waals surface area contributed by atoms with E-state index in [1.807, 2.05) is 60.7 Å². The Kier molecular flexibility index (Phi) is 6.70. The second-order valence-corrected chi connectivity index (χ2v) is 9.24. The summed E-state index contributed by atoms with van der Waals surface area (Å²) in [6.07, 6.45) is 4.07. The molecular weight excluding hydrogens is 442 g/mol. The number of aliphatic carboxylic acids is 1. The summed E-state index contributed by atoms with van der Waals surface area (Å²) in [5, 5.41) is 12.2. The zero-order valence-corrected chi connectivity index (χ0v) is 19.5. The molecular formula is C29H29NO5. The Morgan fingerprint density at radius 1 is 0.914 bits per heavy atom. The van der Waals surface area contributed by atoms with Gasteiger partial charge in [0.1, 0.15) is 18.4 Å². The number of carboxylic acids is 1. The van der Waals surface area contributed by atoms with E-state index in [0.29, 0.717) is 0 Å². The van der Waals surface area contributed by atoms with Crippen molar-refractivity contribution in [1.82, 2.24) is 5.32 Å². The van der Waals surface area contributed by atoms with Gasteiger partial charge in [0.2, 0.25) is 0 Å². The third kappa shape index (κ3) is 5.16. The number of hydrogen-bond donors (Lipinski definition) is 2. The number of benzene rings is 3. The van der Waals surface area contributed by atoms with Gasteiger partial charge in [0, 0.05) is 12.3 Å². The monoisotopic (exact) mass is 471 g/mol. The van der Waals surface area contributed by atoms with Gasteiger partial charge in [0.25, 0.3) is 0 Å². The maximum atomic E-state index is 12.6. The van der Waals surface area contributed by atoms with Crippen LogP contribution in [-0.2, 0) is 16.0 Å². The largest absolute Gasteiger partial charge is 0.490 e. The van der Waals surface area contributed by atoms with E-state index < -0.39 is 18.1 Å². The van der Waals surface area contributed by atoms with Crippen LogP contribution in [0.1, 0.15) is 48.3 Å². The molecule has 1 fully saturated rings. The van der Waals surface area contributed by atoms with E-state index in [1.165, 1.54) is 12.8 Å². The quantitative estimate of drug-likeness (QED) is 0.450. The summed E-state index contributed by atoms with van der Waals surface area (Å²) in [7, 11) is 0. The lowest BCUT2D eigenvalue weighted by molar-refractivity contribution is -0.139. The molecule has 1 unspecified atom stereocenters. The fraction of sp³-hybridized carbons (Fsp3) is 0.310. The first kappa shape index (κ1) is 23.0. The van der Waals surface area contributed by atoms with Crippen LogP contribution < -0.4 is 10.1 Å². The van der Waals surface area contributed by atoms with Gasteiger partial charge in [0.15, 0.2) is 0 Å². The molecule has 3 aromatic rings. The Morgan fingerprint density at radius 2 is 1.57 bits per heavy atom. The molecule has 0 saturated heterocycles. The summed E-state index contributed by atoms with van der Waals surface area (Å²) in [5.41, 5.74) is 5.28. The number of hydrogen-bond acceptors (Lipinski definition) is 4. The Hall–Kier alpha value is -3.80. The average Bonchev–Trinajstić information content (AvgIpc) is 3.48. The van der Waals surface area contributed by atoms with Crippen molar-refractivity contribution in [3.05, 3.63) is 89.5 Å². The van der Waals surface area contributed by atoms with Crippen LogP contribution in [0.5, 0.6) is 5.75 Å². The predicted molar refractivity (Wildman–Crippen MR) is 133 cm³/mol. The number of rotatable bonds is 8. The molecule has 0 radical (unpaired) electrons. The number of carboxylic acid groups (broad SMARTS) is 1. The molecule has 180 valence electrons. The van der Waals surface area contributed by atoms with Crippen LogP contribution in [-0.4, -0.2) is 35.9 Å². The van der Waals surface area contributed by atoms with Gasteiger partial charge in [-0.1, -0.05) is 60.7 Å². The van der Waals surface area contributed by atoms with Crippen molar-refractivity contribution >= 4 is 12.1 Å². The van der Waals surface area contributed by atoms with E-state index in [1.54, 1.807) is 0 Å². The van der Waals surface area contributed by atoms with Crippen LogP contribution >= 0.6 is 0 Å². The van der Waals surface area contributed by atoms with Crippen molar-refractivity contribution in [1.29, 1.82) is 0 Å². The molecule has 0 aliphatic heterocycles. The highest BCUT2D eigenvalue weighted by Crippen LogP contribution is 2.44. The second-order valence-electron chi connectivity index (χ2n) is 9.24. The standard InChI is InChI=1S/C29H29NO5/c31-28(32)27(17-19-8-7-11-21(16-19)35-20-9-1-2-10-20)30-29(33)34-18-26-24-14-5-3-12-22(24)23-13-4-6-15-25(23)26/h3-8,11-16,20,26-27H,1-2,9-10,17-18H2,(H,30,33)(H,31,32). The smallest absolute Gasteiger partial charge is 0.407 e. The number of carbonyl (C=O) groups excluding carboxylic acids is 1. The Balaban J connectivity index is 1.21. The lowest BCUT2D eigenvalue weighted by Gasteiger charge is -2.18. The van der Waals surface area contributed by atoms with Crippen LogP contribution in [0.3, 0.4) is 0 Å². The molecule has 5 rings (SSSR count). The highest BCUT2D eigenvalue weighted by molar-refractivity contribution is 5.81. The third-order valence-electron chi connectivity index (χ3n) is 6.88. The number of ether oxygens (including phenoxy) is 2. The molecule has 2 N–H and O–H groups in total. The van der Waals surface area contributed by atoms with Crippen LogP contribution in [0, 0.1) is 0 Å². The minimum atomic E-state index is -1.11. The molecule has 0 heterocycles. The Morgan fingerprint density at radius 3 is 2.23 bits per heavy atom. The highest BCUT2D eigenvalue weighted by Gasteiger charge is 2.30. The van der Waals surface area contributed by atoms with Crippen molar-refractivity contribution in [3.8, 4) is 16.9 Å². The Bertz CT molecular complexity index is 1170. The van der Waals surface area contributed by atoms with Gasteiger partial charge in [0.05, 0.1) is 6.10 Å². The van der Waals surface area contributed by atoms with Crippen LogP contribution in [0.4, 0.5) is 4.79 Å². The molecule has 1 amide bonds. The van der Waals surface area contributed by atoms with Crippen molar-refractivity contribution in [2.24, 2.45) is 0 Å². The van der Waals surface area contributed by atoms with Gasteiger partial charge in [-0.15, -0.1) is 0 Å². The SMILES string of the molecule is O=C(NC(Cc1cccc(OC2CCCC2)c1)C(=O)O)OCC1c2ccccc2-c2ccccc21. The van der Waals surface area contributed by atoms with E-state index >= 15 is 0 Å². The molecule has 1 saturated carbocycles. The van der Waals surface area contributed by atoms with Gasteiger partial charge >= 0.3 is 12.1 Å². The van der Waals surface area contributed by atoms with Gasteiger partial charge < -0.3 is 19.9 Å². The zero-order chi connectivity index (χ0) is 24.2. The van der Waals surface area contributed by atoms with Crippen molar-refractivity contribution < 1.29 is 24.2 Å². The summed E-state index contributed by atoms with van der Waals surface area (Å²) < 4.78 is 11.6. The van der Waals surface area contributed by atoms with Crippen LogP contribution in [0.15, 0.2) is 72.8 Å². The minimum Gasteiger partial charge on any atom is -0.490 e. The Labute approximate surface area is 204 Å². The van der Waals surface area contributed by atoms with E-state index in [4.69, 9.17) is 9.47 Å². The third-order valence-corrected chi connectivity index (χ3v) is 6.88. The highest BCUT2D eigenvalue weighted by atomic mass is 16.5. The molecule has 6 heteroatoms. The first-order valence-corrected chi connectivity index (χ1v) is 12.2. The van der Waals surface area contributed by atoms with Gasteiger partial charge in [-0.25, -0.2) is 9.59 Å². The maximum absolute atomic E-state index is 12.6. The molecule has 0 aromatic heterocycles. The van der Waals surface area contributed by atoms with Gasteiger partial charge in [-0.3, -0.25) is 0 Å². The van der Waals surface area contributed by atoms with Gasteiger partial charge in [-0.05, 0) is 65.6 Å². The summed E-state index contributed by atoms with van der Waals surface area (Å²) >= 11 is 0. The number of carbonyl (C=O) groups is 2. The number of fused-ring (bicyclic) bond motifs is 3. The maximum Gasteiger partial charge on any atom is 0.407 e. The van der Waals surface area contributed by atoms with Gasteiger partial charge in [-0.2, -0.15) is 0 Å². The fourth-order valence-corrected chi connectivity index (χ4v) is 5.16. The molecule has 2 aliphatic rings. The van der Waals surface area contributed by atoms with E-state index in [0.717, 1.165) is 46.4 Å². The van der Waals surface area contributed by atoms with E-state index in [2.05, 4.69) is 17.4 Å². The van der Waals surface area contributed by atoms with E-state index in [-0.39, 0.29) is 25.0 Å². The predicted octanol–water partition coefficient (Wildman–Crippen LogP) is 5.54. The van der Waals surface area contributed by atoms with Crippen molar-refractivity contribution in [2.75, 3.05) is 6.61 Å². The fourth-order valence-electron chi connectivity index (χ4n) is 5.16. The lowest BCUT2D eigenvalue weighted by atomic mass is 9.98.